The summed E-state index contributed by atoms with van der Waals surface area (Å²) in [6, 6.07) is 25.5. The molecule has 0 unspecified atom stereocenters. The number of methoxy groups -OCH3 is 1. The summed E-state index contributed by atoms with van der Waals surface area (Å²) in [5.41, 5.74) is 4.41. The molecule has 5 rings (SSSR count). The fourth-order valence-electron chi connectivity index (χ4n) is 4.53. The summed E-state index contributed by atoms with van der Waals surface area (Å²) >= 11 is 5.86. The normalized spacial score (nSPS) is 17.2. The summed E-state index contributed by atoms with van der Waals surface area (Å²) in [6.07, 6.45) is 3.84. The van der Waals surface area contributed by atoms with Crippen LogP contribution in [0.4, 0.5) is 11.4 Å². The lowest BCUT2D eigenvalue weighted by atomic mass is 10.0. The molecule has 2 atom stereocenters. The van der Waals surface area contributed by atoms with Crippen LogP contribution in [0.3, 0.4) is 0 Å². The van der Waals surface area contributed by atoms with E-state index in [1.165, 1.54) is 6.92 Å². The molecule has 8 heteroatoms. The smallest absolute Gasteiger partial charge is 0.221 e. The standard InChI is InChI=1S/C27H25N5O2S/c1-18(33)29-22-17-20(13-14-24(22)34-2)32-26(25(30-27(32)35)21-11-6-7-15-28-21)23-12-8-16-31(23)19-9-4-3-5-10-19/h3-17,25-26H,1-2H3,(H,29,33)(H,30,35)/t25-,26+/m0/s1. The molecule has 2 N–H and O–H groups in total. The molecule has 7 nitrogen and oxygen atoms in total. The molecular weight excluding hydrogens is 458 g/mol. The predicted octanol–water partition coefficient (Wildman–Crippen LogP) is 5.02. The van der Waals surface area contributed by atoms with Crippen molar-refractivity contribution >= 4 is 34.6 Å². The number of aromatic nitrogens is 2. The van der Waals surface area contributed by atoms with Gasteiger partial charge in [-0.1, -0.05) is 24.3 Å². The number of nitrogens with zero attached hydrogens (tertiary/aromatic N) is 3. The first-order valence-corrected chi connectivity index (χ1v) is 11.7. The summed E-state index contributed by atoms with van der Waals surface area (Å²) in [6.45, 7) is 1.47. The third-order valence-corrected chi connectivity index (χ3v) is 6.30. The molecule has 1 amide bonds. The van der Waals surface area contributed by atoms with Gasteiger partial charge in [-0.2, -0.15) is 0 Å². The number of hydrogen-bond donors (Lipinski definition) is 2. The Kier molecular flexibility index (Phi) is 6.20. The molecule has 0 saturated carbocycles. The monoisotopic (exact) mass is 483 g/mol. The topological polar surface area (TPSA) is 71.4 Å². The lowest BCUT2D eigenvalue weighted by molar-refractivity contribution is -0.114. The first-order valence-electron chi connectivity index (χ1n) is 11.3. The first-order chi connectivity index (χ1) is 17.1. The largest absolute Gasteiger partial charge is 0.495 e. The molecule has 0 bridgehead atoms. The Balaban J connectivity index is 1.66. The Morgan fingerprint density at radius 3 is 2.54 bits per heavy atom. The van der Waals surface area contributed by atoms with Gasteiger partial charge < -0.3 is 24.8 Å². The Bertz CT molecular complexity index is 1360. The van der Waals surface area contributed by atoms with Crippen molar-refractivity contribution < 1.29 is 9.53 Å². The average Bonchev–Trinajstić information content (AvgIpc) is 3.49. The van der Waals surface area contributed by atoms with Gasteiger partial charge in [0, 0.05) is 36.4 Å². The summed E-state index contributed by atoms with van der Waals surface area (Å²) in [4.78, 5) is 18.6. The van der Waals surface area contributed by atoms with Crippen LogP contribution in [0.1, 0.15) is 30.4 Å². The number of ether oxygens (including phenoxy) is 1. The number of amides is 1. The Labute approximate surface area is 209 Å². The lowest BCUT2D eigenvalue weighted by Gasteiger charge is -2.29. The second-order valence-electron chi connectivity index (χ2n) is 8.20. The van der Waals surface area contributed by atoms with Crippen molar-refractivity contribution in [1.82, 2.24) is 14.9 Å². The van der Waals surface area contributed by atoms with Crippen molar-refractivity contribution in [1.29, 1.82) is 0 Å². The predicted molar refractivity (Wildman–Crippen MR) is 141 cm³/mol. The fraction of sp³-hybridized carbons (Fsp3) is 0.148. The number of benzene rings is 2. The molecule has 1 aliphatic rings. The van der Waals surface area contributed by atoms with Gasteiger partial charge in [0.05, 0.1) is 24.5 Å². The van der Waals surface area contributed by atoms with Crippen molar-refractivity contribution in [3.63, 3.8) is 0 Å². The van der Waals surface area contributed by atoms with Gasteiger partial charge in [-0.05, 0) is 66.8 Å². The molecule has 35 heavy (non-hydrogen) atoms. The summed E-state index contributed by atoms with van der Waals surface area (Å²) < 4.78 is 7.63. The summed E-state index contributed by atoms with van der Waals surface area (Å²) in [5.74, 6) is 0.399. The molecule has 176 valence electrons. The Morgan fingerprint density at radius 1 is 1.03 bits per heavy atom. The molecule has 2 aromatic heterocycles. The molecule has 1 fully saturated rings. The van der Waals surface area contributed by atoms with E-state index in [9.17, 15) is 4.79 Å². The molecule has 1 saturated heterocycles. The third kappa shape index (κ3) is 4.36. The molecule has 2 aromatic carbocycles. The molecule has 3 heterocycles. The van der Waals surface area contributed by atoms with Gasteiger partial charge in [-0.3, -0.25) is 9.78 Å². The number of carbonyl (C=O) groups is 1. The van der Waals surface area contributed by atoms with E-state index in [0.29, 0.717) is 16.5 Å². The minimum Gasteiger partial charge on any atom is -0.495 e. The zero-order chi connectivity index (χ0) is 24.4. The first kappa shape index (κ1) is 22.6. The van der Waals surface area contributed by atoms with Crippen molar-refractivity contribution in [3.8, 4) is 11.4 Å². The van der Waals surface area contributed by atoms with Crippen LogP contribution in [0, 0.1) is 0 Å². The van der Waals surface area contributed by atoms with Gasteiger partial charge in [0.1, 0.15) is 11.8 Å². The van der Waals surface area contributed by atoms with Crippen molar-refractivity contribution in [2.24, 2.45) is 0 Å². The highest BCUT2D eigenvalue weighted by Gasteiger charge is 2.42. The van der Waals surface area contributed by atoms with Crippen LogP contribution in [0.5, 0.6) is 5.75 Å². The van der Waals surface area contributed by atoms with Gasteiger partial charge in [-0.15, -0.1) is 0 Å². The number of nitrogens with one attached hydrogen (secondary N) is 2. The van der Waals surface area contributed by atoms with Crippen molar-refractivity contribution in [2.75, 3.05) is 17.3 Å². The van der Waals surface area contributed by atoms with Crippen LogP contribution in [0.2, 0.25) is 0 Å². The van der Waals surface area contributed by atoms with E-state index in [0.717, 1.165) is 22.8 Å². The van der Waals surface area contributed by atoms with Gasteiger partial charge >= 0.3 is 0 Å². The number of anilines is 2. The number of carbonyl (C=O) groups excluding carboxylic acids is 1. The highest BCUT2D eigenvalue weighted by molar-refractivity contribution is 7.80. The van der Waals surface area contributed by atoms with Crippen LogP contribution in [-0.4, -0.2) is 27.7 Å². The third-order valence-electron chi connectivity index (χ3n) is 5.99. The van der Waals surface area contributed by atoms with Gasteiger partial charge in [0.2, 0.25) is 5.91 Å². The van der Waals surface area contributed by atoms with Gasteiger partial charge in [0.15, 0.2) is 5.11 Å². The van der Waals surface area contributed by atoms with E-state index in [1.807, 2.05) is 60.7 Å². The molecule has 4 aromatic rings. The molecule has 0 aliphatic carbocycles. The van der Waals surface area contributed by atoms with Crippen LogP contribution in [0.25, 0.3) is 5.69 Å². The second-order valence-corrected chi connectivity index (χ2v) is 8.59. The zero-order valence-electron chi connectivity index (χ0n) is 19.4. The maximum absolute atomic E-state index is 11.8. The van der Waals surface area contributed by atoms with Crippen LogP contribution >= 0.6 is 12.2 Å². The minimum atomic E-state index is -0.203. The minimum absolute atomic E-state index is 0.177. The summed E-state index contributed by atoms with van der Waals surface area (Å²) in [5, 5.41) is 6.92. The van der Waals surface area contributed by atoms with E-state index in [-0.39, 0.29) is 18.0 Å². The van der Waals surface area contributed by atoms with Crippen LogP contribution in [0.15, 0.2) is 91.3 Å². The lowest BCUT2D eigenvalue weighted by Crippen LogP contribution is -2.30. The highest BCUT2D eigenvalue weighted by Crippen LogP contribution is 2.43. The number of hydrogen-bond acceptors (Lipinski definition) is 4. The number of thiocarbonyl (C=S) groups is 1. The quantitative estimate of drug-likeness (QED) is 0.376. The highest BCUT2D eigenvalue weighted by atomic mass is 32.1. The van der Waals surface area contributed by atoms with Gasteiger partial charge in [-0.25, -0.2) is 0 Å². The van der Waals surface area contributed by atoms with Crippen LogP contribution in [-0.2, 0) is 4.79 Å². The van der Waals surface area contributed by atoms with E-state index >= 15 is 0 Å². The molecule has 0 radical (unpaired) electrons. The number of para-hydroxylation sites is 1. The van der Waals surface area contributed by atoms with E-state index in [4.69, 9.17) is 17.0 Å². The van der Waals surface area contributed by atoms with Crippen molar-refractivity contribution in [3.05, 3.63) is 103 Å². The number of pyridine rings is 1. The Morgan fingerprint density at radius 2 is 1.83 bits per heavy atom. The fourth-order valence-corrected chi connectivity index (χ4v) is 4.87. The van der Waals surface area contributed by atoms with E-state index in [2.05, 4.69) is 49.5 Å². The molecule has 0 spiro atoms. The maximum Gasteiger partial charge on any atom is 0.221 e. The SMILES string of the molecule is COc1ccc(N2C(=S)N[C@@H](c3ccccn3)[C@H]2c2cccn2-c2ccccc2)cc1NC(C)=O. The van der Waals surface area contributed by atoms with E-state index < -0.39 is 0 Å². The van der Waals surface area contributed by atoms with Gasteiger partial charge in [0.25, 0.3) is 0 Å². The molecular formula is C27H25N5O2S. The van der Waals surface area contributed by atoms with E-state index in [1.54, 1.807) is 13.3 Å². The van der Waals surface area contributed by atoms with Crippen LogP contribution < -0.4 is 20.3 Å². The zero-order valence-corrected chi connectivity index (χ0v) is 20.2. The Hall–Kier alpha value is -4.17. The summed E-state index contributed by atoms with van der Waals surface area (Å²) in [7, 11) is 1.58. The van der Waals surface area contributed by atoms with Crippen molar-refractivity contribution in [2.45, 2.75) is 19.0 Å². The average molecular weight is 484 g/mol. The maximum atomic E-state index is 11.8. The molecule has 1 aliphatic heterocycles. The number of rotatable bonds is 6. The second kappa shape index (κ2) is 9.60.